The lowest BCUT2D eigenvalue weighted by Crippen LogP contribution is -2.16. The molecule has 1 unspecified atom stereocenters. The van der Waals surface area contributed by atoms with E-state index in [1.807, 2.05) is 19.2 Å². The largest absolute Gasteiger partial charge is 0.481 e. The van der Waals surface area contributed by atoms with Crippen molar-refractivity contribution in [1.29, 1.82) is 0 Å². The number of thiophene rings is 1. The highest BCUT2D eigenvalue weighted by atomic mass is 32.1. The summed E-state index contributed by atoms with van der Waals surface area (Å²) in [4.78, 5) is 12.1. The smallest absolute Gasteiger partial charge is 0.312 e. The summed E-state index contributed by atoms with van der Waals surface area (Å²) in [7, 11) is 0. The van der Waals surface area contributed by atoms with Crippen LogP contribution in [-0.4, -0.2) is 11.1 Å². The molecule has 0 saturated carbocycles. The average molecular weight is 252 g/mol. The number of hydrogen-bond donors (Lipinski definition) is 1. The molecule has 0 radical (unpaired) electrons. The predicted molar refractivity (Wildman–Crippen MR) is 67.0 cm³/mol. The third-order valence-corrected chi connectivity index (χ3v) is 3.91. The number of halogens is 1. The summed E-state index contributed by atoms with van der Waals surface area (Å²) >= 11 is 1.39. The summed E-state index contributed by atoms with van der Waals surface area (Å²) in [6.07, 6.45) is 0. The molecular formula is C13H13FO2S. The number of carboxylic acid groups (broad SMARTS) is 1. The van der Waals surface area contributed by atoms with Gasteiger partial charge in [-0.2, -0.15) is 0 Å². The van der Waals surface area contributed by atoms with Gasteiger partial charge in [-0.25, -0.2) is 4.39 Å². The Hall–Kier alpha value is -1.42. The van der Waals surface area contributed by atoms with Gasteiger partial charge in [-0.05, 0) is 34.2 Å². The minimum Gasteiger partial charge on any atom is -0.481 e. The van der Waals surface area contributed by atoms with E-state index in [1.165, 1.54) is 23.5 Å². The fraction of sp³-hybridized carbons (Fsp3) is 0.308. The molecule has 2 nitrogen and oxygen atoms in total. The van der Waals surface area contributed by atoms with Crippen molar-refractivity contribution in [1.82, 2.24) is 0 Å². The number of rotatable bonds is 3. The number of fused-ring (bicyclic) bond motifs is 1. The molecule has 0 spiro atoms. The molecule has 2 aromatic rings. The van der Waals surface area contributed by atoms with Crippen LogP contribution >= 0.6 is 11.3 Å². The Morgan fingerprint density at radius 1 is 1.41 bits per heavy atom. The standard InChI is InChI=1S/C13H13FO2S/c1-7(2)11(13(15)16)12-10-4-3-9(14)5-8(10)6-17-12/h3-7,11H,1-2H3,(H,15,16). The molecule has 2 rings (SSSR count). The Balaban J connectivity index is 2.58. The van der Waals surface area contributed by atoms with Crippen molar-refractivity contribution in [3.63, 3.8) is 0 Å². The first-order chi connectivity index (χ1) is 8.00. The van der Waals surface area contributed by atoms with E-state index in [-0.39, 0.29) is 11.7 Å². The highest BCUT2D eigenvalue weighted by molar-refractivity contribution is 7.11. The fourth-order valence-electron chi connectivity index (χ4n) is 1.99. The first-order valence-electron chi connectivity index (χ1n) is 5.40. The van der Waals surface area contributed by atoms with Crippen molar-refractivity contribution >= 4 is 28.1 Å². The second kappa shape index (κ2) is 4.45. The molecule has 1 heterocycles. The molecule has 1 aromatic carbocycles. The van der Waals surface area contributed by atoms with Gasteiger partial charge in [-0.1, -0.05) is 19.9 Å². The molecule has 1 atom stereocenters. The molecule has 1 N–H and O–H groups in total. The SMILES string of the molecule is CC(C)C(C(=O)O)c1scc2cc(F)ccc12. The topological polar surface area (TPSA) is 37.3 Å². The first kappa shape index (κ1) is 12.0. The van der Waals surface area contributed by atoms with Crippen LogP contribution in [0.15, 0.2) is 23.6 Å². The Kier molecular flexibility index (Phi) is 3.15. The van der Waals surface area contributed by atoms with Crippen molar-refractivity contribution in [2.75, 3.05) is 0 Å². The Bertz CT molecular complexity index is 560. The number of aliphatic carboxylic acids is 1. The monoisotopic (exact) mass is 252 g/mol. The third-order valence-electron chi connectivity index (χ3n) is 2.81. The Labute approximate surface area is 103 Å². The third kappa shape index (κ3) is 2.17. The highest BCUT2D eigenvalue weighted by Gasteiger charge is 2.26. The number of carboxylic acids is 1. The van der Waals surface area contributed by atoms with E-state index in [9.17, 15) is 14.3 Å². The minimum atomic E-state index is -0.826. The van der Waals surface area contributed by atoms with Gasteiger partial charge in [0.2, 0.25) is 0 Å². The van der Waals surface area contributed by atoms with Crippen molar-refractivity contribution in [3.8, 4) is 0 Å². The normalized spacial score (nSPS) is 13.2. The van der Waals surface area contributed by atoms with E-state index >= 15 is 0 Å². The molecule has 0 aliphatic heterocycles. The maximum Gasteiger partial charge on any atom is 0.312 e. The Morgan fingerprint density at radius 2 is 2.12 bits per heavy atom. The van der Waals surface area contributed by atoms with E-state index in [4.69, 9.17) is 0 Å². The van der Waals surface area contributed by atoms with Crippen LogP contribution in [0, 0.1) is 11.7 Å². The van der Waals surface area contributed by atoms with Crippen LogP contribution in [0.4, 0.5) is 4.39 Å². The van der Waals surface area contributed by atoms with Gasteiger partial charge in [0, 0.05) is 4.88 Å². The van der Waals surface area contributed by atoms with Gasteiger partial charge >= 0.3 is 5.97 Å². The molecular weight excluding hydrogens is 239 g/mol. The molecule has 0 bridgehead atoms. The summed E-state index contributed by atoms with van der Waals surface area (Å²) in [5, 5.41) is 12.7. The van der Waals surface area contributed by atoms with E-state index in [1.54, 1.807) is 6.07 Å². The van der Waals surface area contributed by atoms with Gasteiger partial charge in [0.15, 0.2) is 0 Å². The van der Waals surface area contributed by atoms with Crippen LogP contribution in [0.1, 0.15) is 24.6 Å². The molecule has 90 valence electrons. The quantitative estimate of drug-likeness (QED) is 0.900. The summed E-state index contributed by atoms with van der Waals surface area (Å²) in [6.45, 7) is 3.77. The lowest BCUT2D eigenvalue weighted by Gasteiger charge is -2.15. The maximum absolute atomic E-state index is 13.1. The van der Waals surface area contributed by atoms with E-state index in [0.29, 0.717) is 0 Å². The minimum absolute atomic E-state index is 0.0133. The van der Waals surface area contributed by atoms with Gasteiger partial charge in [-0.3, -0.25) is 4.79 Å². The van der Waals surface area contributed by atoms with Gasteiger partial charge in [0.25, 0.3) is 0 Å². The van der Waals surface area contributed by atoms with Crippen LogP contribution in [0.5, 0.6) is 0 Å². The fourth-order valence-corrected chi connectivity index (χ4v) is 3.27. The van der Waals surface area contributed by atoms with Gasteiger partial charge < -0.3 is 5.11 Å². The average Bonchev–Trinajstić information content (AvgIpc) is 2.60. The van der Waals surface area contributed by atoms with Gasteiger partial charge in [-0.15, -0.1) is 11.3 Å². The number of benzene rings is 1. The van der Waals surface area contributed by atoms with Crippen LogP contribution in [0.3, 0.4) is 0 Å². The van der Waals surface area contributed by atoms with Crippen molar-refractivity contribution in [2.45, 2.75) is 19.8 Å². The Morgan fingerprint density at radius 3 is 2.71 bits per heavy atom. The lowest BCUT2D eigenvalue weighted by atomic mass is 9.92. The van der Waals surface area contributed by atoms with Crippen molar-refractivity contribution in [2.24, 2.45) is 5.92 Å². The van der Waals surface area contributed by atoms with Crippen LogP contribution < -0.4 is 0 Å². The molecule has 17 heavy (non-hydrogen) atoms. The zero-order chi connectivity index (χ0) is 12.6. The lowest BCUT2D eigenvalue weighted by molar-refractivity contribution is -0.139. The number of hydrogen-bond acceptors (Lipinski definition) is 2. The number of carbonyl (C=O) groups is 1. The van der Waals surface area contributed by atoms with E-state index < -0.39 is 11.9 Å². The zero-order valence-corrected chi connectivity index (χ0v) is 10.4. The summed E-state index contributed by atoms with van der Waals surface area (Å²) in [5.74, 6) is -1.63. The molecule has 0 amide bonds. The van der Waals surface area contributed by atoms with E-state index in [2.05, 4.69) is 0 Å². The molecule has 0 aliphatic rings. The predicted octanol–water partition coefficient (Wildman–Crippen LogP) is 3.86. The van der Waals surface area contributed by atoms with Crippen LogP contribution in [0.25, 0.3) is 10.8 Å². The second-order valence-electron chi connectivity index (χ2n) is 4.39. The summed E-state index contributed by atoms with van der Waals surface area (Å²) < 4.78 is 13.1. The molecule has 1 aromatic heterocycles. The molecule has 0 fully saturated rings. The first-order valence-corrected chi connectivity index (χ1v) is 6.28. The van der Waals surface area contributed by atoms with Crippen LogP contribution in [0.2, 0.25) is 0 Å². The summed E-state index contributed by atoms with van der Waals surface area (Å²) in [5.41, 5.74) is 0. The van der Waals surface area contributed by atoms with Crippen molar-refractivity contribution < 1.29 is 14.3 Å². The van der Waals surface area contributed by atoms with Crippen molar-refractivity contribution in [3.05, 3.63) is 34.3 Å². The summed E-state index contributed by atoms with van der Waals surface area (Å²) in [6, 6.07) is 4.47. The van der Waals surface area contributed by atoms with Gasteiger partial charge in [0.05, 0.1) is 5.92 Å². The highest BCUT2D eigenvalue weighted by Crippen LogP contribution is 2.36. The van der Waals surface area contributed by atoms with Gasteiger partial charge in [0.1, 0.15) is 5.82 Å². The maximum atomic E-state index is 13.1. The second-order valence-corrected chi connectivity index (χ2v) is 5.30. The molecule has 4 heteroatoms. The zero-order valence-electron chi connectivity index (χ0n) is 9.61. The molecule has 0 aliphatic carbocycles. The van der Waals surface area contributed by atoms with E-state index in [0.717, 1.165) is 15.6 Å². The molecule has 0 saturated heterocycles. The van der Waals surface area contributed by atoms with Crippen LogP contribution in [-0.2, 0) is 4.79 Å².